The molecule has 0 spiro atoms. The first-order valence-electron chi connectivity index (χ1n) is 4.88. The molecule has 2 N–H and O–H groups in total. The minimum Gasteiger partial charge on any atom is -0.344 e. The summed E-state index contributed by atoms with van der Waals surface area (Å²) in [6.07, 6.45) is 0.643. The van der Waals surface area contributed by atoms with Gasteiger partial charge in [0, 0.05) is 0 Å². The van der Waals surface area contributed by atoms with E-state index in [0.717, 1.165) is 0 Å². The van der Waals surface area contributed by atoms with E-state index in [0.29, 0.717) is 0 Å². The van der Waals surface area contributed by atoms with Gasteiger partial charge >= 0.3 is 6.18 Å². The molecule has 90 valence electrons. The average Bonchev–Trinajstić information content (AvgIpc) is 2.94. The molecule has 6 heteroatoms. The third kappa shape index (κ3) is 2.67. The second-order valence-electron chi connectivity index (χ2n) is 3.87. The fraction of sp³-hybridized carbons (Fsp3) is 0.700. The lowest BCUT2D eigenvalue weighted by atomic mass is 10.2. The number of carbonyl (C=O) groups excluding carboxylic acids is 1. The Kier molecular flexibility index (Phi) is 3.48. The van der Waals surface area contributed by atoms with Crippen molar-refractivity contribution in [2.45, 2.75) is 37.5 Å². The predicted octanol–water partition coefficient (Wildman–Crippen LogP) is 0.809. The summed E-state index contributed by atoms with van der Waals surface area (Å²) in [5.74, 6) is 1.66. The molecule has 0 radical (unpaired) electrons. The van der Waals surface area contributed by atoms with E-state index in [4.69, 9.17) is 6.42 Å². The quantitative estimate of drug-likeness (QED) is 0.707. The lowest BCUT2D eigenvalue weighted by molar-refractivity contribution is -0.168. The van der Waals surface area contributed by atoms with Gasteiger partial charge in [-0.3, -0.25) is 10.1 Å². The maximum atomic E-state index is 12.5. The topological polar surface area (TPSA) is 41.1 Å². The van der Waals surface area contributed by atoms with E-state index in [2.05, 4.69) is 16.6 Å². The molecule has 0 bridgehead atoms. The van der Waals surface area contributed by atoms with Crippen molar-refractivity contribution in [3.63, 3.8) is 0 Å². The minimum atomic E-state index is -4.31. The third-order valence-electron chi connectivity index (χ3n) is 2.54. The van der Waals surface area contributed by atoms with Crippen molar-refractivity contribution in [1.29, 1.82) is 0 Å². The van der Waals surface area contributed by atoms with Gasteiger partial charge in [0.25, 0.3) is 0 Å². The molecular formula is C10H13F3N2O. The van der Waals surface area contributed by atoms with Gasteiger partial charge in [-0.25, -0.2) is 0 Å². The fourth-order valence-electron chi connectivity index (χ4n) is 1.41. The van der Waals surface area contributed by atoms with Gasteiger partial charge in [0.2, 0.25) is 5.91 Å². The van der Waals surface area contributed by atoms with E-state index in [1.165, 1.54) is 6.92 Å². The number of carbonyl (C=O) groups is 1. The molecule has 16 heavy (non-hydrogen) atoms. The van der Waals surface area contributed by atoms with Gasteiger partial charge in [0.05, 0.1) is 12.6 Å². The first-order chi connectivity index (χ1) is 7.32. The number of halogens is 3. The zero-order valence-corrected chi connectivity index (χ0v) is 8.82. The Labute approximate surface area is 91.8 Å². The Hall–Kier alpha value is -1.22. The van der Waals surface area contributed by atoms with Gasteiger partial charge in [-0.15, -0.1) is 6.42 Å². The summed E-state index contributed by atoms with van der Waals surface area (Å²) in [7, 11) is 0. The summed E-state index contributed by atoms with van der Waals surface area (Å²) < 4.78 is 37.6. The second kappa shape index (κ2) is 4.34. The van der Waals surface area contributed by atoms with Gasteiger partial charge in [0.15, 0.2) is 0 Å². The van der Waals surface area contributed by atoms with Crippen LogP contribution in [-0.4, -0.2) is 30.2 Å². The molecule has 1 aliphatic rings. The summed E-state index contributed by atoms with van der Waals surface area (Å²) >= 11 is 0. The highest BCUT2D eigenvalue weighted by atomic mass is 19.4. The lowest BCUT2D eigenvalue weighted by Crippen LogP contribution is -2.53. The second-order valence-corrected chi connectivity index (χ2v) is 3.87. The molecule has 0 aliphatic heterocycles. The monoisotopic (exact) mass is 234 g/mol. The number of nitrogens with one attached hydrogen (secondary N) is 2. The first-order valence-corrected chi connectivity index (χ1v) is 4.88. The Morgan fingerprint density at radius 2 is 2.12 bits per heavy atom. The van der Waals surface area contributed by atoms with E-state index in [1.807, 2.05) is 0 Å². The SMILES string of the molecule is C#CCNC(=O)C(C)NC1(C(F)(F)F)CC1. The van der Waals surface area contributed by atoms with Gasteiger partial charge in [-0.1, -0.05) is 5.92 Å². The van der Waals surface area contributed by atoms with Gasteiger partial charge in [-0.2, -0.15) is 13.2 Å². The van der Waals surface area contributed by atoms with E-state index in [9.17, 15) is 18.0 Å². The van der Waals surface area contributed by atoms with Crippen LogP contribution in [0, 0.1) is 12.3 Å². The van der Waals surface area contributed by atoms with E-state index < -0.39 is 23.7 Å². The maximum Gasteiger partial charge on any atom is 0.406 e. The van der Waals surface area contributed by atoms with Crippen LogP contribution in [0.1, 0.15) is 19.8 Å². The molecule has 1 amide bonds. The van der Waals surface area contributed by atoms with Crippen LogP contribution >= 0.6 is 0 Å². The zero-order valence-electron chi connectivity index (χ0n) is 8.82. The number of rotatable bonds is 4. The van der Waals surface area contributed by atoms with Crippen molar-refractivity contribution in [3.05, 3.63) is 0 Å². The summed E-state index contributed by atoms with van der Waals surface area (Å²) in [5, 5.41) is 4.64. The van der Waals surface area contributed by atoms with Crippen molar-refractivity contribution in [1.82, 2.24) is 10.6 Å². The van der Waals surface area contributed by atoms with Gasteiger partial charge < -0.3 is 5.32 Å². The van der Waals surface area contributed by atoms with Crippen LogP contribution in [0.2, 0.25) is 0 Å². The molecule has 0 aromatic heterocycles. The highest BCUT2D eigenvalue weighted by Gasteiger charge is 2.63. The Morgan fingerprint density at radius 1 is 1.56 bits per heavy atom. The van der Waals surface area contributed by atoms with Crippen LogP contribution < -0.4 is 10.6 Å². The smallest absolute Gasteiger partial charge is 0.344 e. The molecule has 1 aliphatic carbocycles. The average molecular weight is 234 g/mol. The van der Waals surface area contributed by atoms with Crippen LogP contribution in [0.3, 0.4) is 0 Å². The Morgan fingerprint density at radius 3 is 2.50 bits per heavy atom. The number of alkyl halides is 3. The molecule has 3 nitrogen and oxygen atoms in total. The molecule has 0 saturated heterocycles. The maximum absolute atomic E-state index is 12.5. The summed E-state index contributed by atoms with van der Waals surface area (Å²) in [6, 6.07) is -0.905. The molecule has 0 aromatic rings. The Bertz CT molecular complexity index is 315. The van der Waals surface area contributed by atoms with Crippen molar-refractivity contribution >= 4 is 5.91 Å². The highest BCUT2D eigenvalue weighted by Crippen LogP contribution is 2.49. The molecule has 1 unspecified atom stereocenters. The molecule has 1 rings (SSSR count). The summed E-state index contributed by atoms with van der Waals surface area (Å²) in [6.45, 7) is 1.40. The third-order valence-corrected chi connectivity index (χ3v) is 2.54. The van der Waals surface area contributed by atoms with Crippen LogP contribution in [0.25, 0.3) is 0 Å². The zero-order chi connectivity index (χ0) is 12.4. The summed E-state index contributed by atoms with van der Waals surface area (Å²) in [4.78, 5) is 11.3. The molecule has 1 atom stereocenters. The first kappa shape index (κ1) is 12.8. The van der Waals surface area contributed by atoms with Crippen molar-refractivity contribution in [3.8, 4) is 12.3 Å². The normalized spacial score (nSPS) is 19.7. The van der Waals surface area contributed by atoms with Gasteiger partial charge in [-0.05, 0) is 19.8 Å². The standard InChI is InChI=1S/C10H13F3N2O/c1-3-6-14-8(16)7(2)15-9(4-5-9)10(11,12)13/h1,7,15H,4-6H2,2H3,(H,14,16). The number of amides is 1. The van der Waals surface area contributed by atoms with E-state index in [-0.39, 0.29) is 19.4 Å². The molecular weight excluding hydrogens is 221 g/mol. The van der Waals surface area contributed by atoms with Crippen LogP contribution in [0.15, 0.2) is 0 Å². The summed E-state index contributed by atoms with van der Waals surface area (Å²) in [5.41, 5.74) is -1.88. The van der Waals surface area contributed by atoms with Crippen molar-refractivity contribution in [2.24, 2.45) is 0 Å². The number of terminal acetylenes is 1. The van der Waals surface area contributed by atoms with Crippen molar-refractivity contribution in [2.75, 3.05) is 6.54 Å². The van der Waals surface area contributed by atoms with Crippen molar-refractivity contribution < 1.29 is 18.0 Å². The van der Waals surface area contributed by atoms with E-state index in [1.54, 1.807) is 0 Å². The Balaban J connectivity index is 2.49. The van der Waals surface area contributed by atoms with Crippen LogP contribution in [-0.2, 0) is 4.79 Å². The molecule has 1 saturated carbocycles. The largest absolute Gasteiger partial charge is 0.406 e. The van der Waals surface area contributed by atoms with E-state index >= 15 is 0 Å². The van der Waals surface area contributed by atoms with Crippen LogP contribution in [0.5, 0.6) is 0 Å². The lowest BCUT2D eigenvalue weighted by Gasteiger charge is -2.24. The minimum absolute atomic E-state index is 0.0171. The number of hydrogen-bond acceptors (Lipinski definition) is 2. The van der Waals surface area contributed by atoms with Gasteiger partial charge in [0.1, 0.15) is 5.54 Å². The predicted molar refractivity (Wildman–Crippen MR) is 52.5 cm³/mol. The molecule has 1 fully saturated rings. The fourth-order valence-corrected chi connectivity index (χ4v) is 1.41. The molecule has 0 aromatic carbocycles. The van der Waals surface area contributed by atoms with Crippen LogP contribution in [0.4, 0.5) is 13.2 Å². The highest BCUT2D eigenvalue weighted by molar-refractivity contribution is 5.81. The molecule has 0 heterocycles. The number of hydrogen-bond donors (Lipinski definition) is 2.